The molecule has 0 aromatic heterocycles. The molecule has 0 bridgehead atoms. The van der Waals surface area contributed by atoms with Crippen molar-refractivity contribution in [1.82, 2.24) is 0 Å². The monoisotopic (exact) mass is 272 g/mol. The minimum absolute atomic E-state index is 0.121. The van der Waals surface area contributed by atoms with E-state index in [9.17, 15) is 13.2 Å². The Hall–Kier alpha value is -1.23. The highest BCUT2D eigenvalue weighted by molar-refractivity contribution is 5.56. The summed E-state index contributed by atoms with van der Waals surface area (Å²) in [5, 5.41) is 0. The first-order valence-corrected chi connectivity index (χ1v) is 6.53. The van der Waals surface area contributed by atoms with Crippen LogP contribution in [-0.2, 0) is 12.7 Å². The molecule has 2 N–H and O–H groups in total. The third-order valence-electron chi connectivity index (χ3n) is 3.77. The number of rotatable bonds is 4. The first kappa shape index (κ1) is 14.2. The van der Waals surface area contributed by atoms with Gasteiger partial charge in [0.15, 0.2) is 0 Å². The number of halogens is 3. The standard InChI is InChI=1S/C14H19F3N2/c1-19(9-10-3-2-4-10)13-6-5-11(8-18)7-12(13)14(15,16)17/h5-7,10H,2-4,8-9,18H2,1H3. The van der Waals surface area contributed by atoms with Gasteiger partial charge in [-0.1, -0.05) is 12.5 Å². The highest BCUT2D eigenvalue weighted by Gasteiger charge is 2.35. The maximum Gasteiger partial charge on any atom is 0.418 e. The number of anilines is 1. The minimum atomic E-state index is -4.34. The van der Waals surface area contributed by atoms with Crippen LogP contribution in [0.5, 0.6) is 0 Å². The molecule has 5 heteroatoms. The Morgan fingerprint density at radius 3 is 2.47 bits per heavy atom. The van der Waals surface area contributed by atoms with Crippen molar-refractivity contribution in [3.05, 3.63) is 29.3 Å². The molecule has 0 amide bonds. The van der Waals surface area contributed by atoms with Crippen molar-refractivity contribution >= 4 is 5.69 Å². The van der Waals surface area contributed by atoms with Crippen molar-refractivity contribution in [3.63, 3.8) is 0 Å². The van der Waals surface area contributed by atoms with E-state index in [1.165, 1.54) is 12.5 Å². The molecular formula is C14H19F3N2. The zero-order valence-electron chi connectivity index (χ0n) is 11.0. The molecule has 0 heterocycles. The van der Waals surface area contributed by atoms with Crippen molar-refractivity contribution in [2.45, 2.75) is 32.0 Å². The second-order valence-electron chi connectivity index (χ2n) is 5.23. The van der Waals surface area contributed by atoms with Crippen LogP contribution >= 0.6 is 0 Å². The van der Waals surface area contributed by atoms with E-state index in [1.807, 2.05) is 0 Å². The molecular weight excluding hydrogens is 253 g/mol. The molecule has 1 aliphatic carbocycles. The summed E-state index contributed by atoms with van der Waals surface area (Å²) < 4.78 is 39.3. The van der Waals surface area contributed by atoms with Crippen LogP contribution in [-0.4, -0.2) is 13.6 Å². The molecule has 0 radical (unpaired) electrons. The highest BCUT2D eigenvalue weighted by Crippen LogP contribution is 2.38. The van der Waals surface area contributed by atoms with E-state index in [0.717, 1.165) is 18.9 Å². The lowest BCUT2D eigenvalue weighted by molar-refractivity contribution is -0.137. The maximum absolute atomic E-state index is 13.1. The van der Waals surface area contributed by atoms with Crippen molar-refractivity contribution in [2.75, 3.05) is 18.5 Å². The van der Waals surface area contributed by atoms with Crippen molar-refractivity contribution < 1.29 is 13.2 Å². The van der Waals surface area contributed by atoms with Gasteiger partial charge in [0, 0.05) is 25.8 Å². The van der Waals surface area contributed by atoms with Gasteiger partial charge in [-0.05, 0) is 36.5 Å². The maximum atomic E-state index is 13.1. The predicted octanol–water partition coefficient (Wildman–Crippen LogP) is 3.40. The van der Waals surface area contributed by atoms with E-state index in [1.54, 1.807) is 18.0 Å². The van der Waals surface area contributed by atoms with Gasteiger partial charge in [-0.25, -0.2) is 0 Å². The summed E-state index contributed by atoms with van der Waals surface area (Å²) in [6.07, 6.45) is -0.912. The Kier molecular flexibility index (Phi) is 4.04. The minimum Gasteiger partial charge on any atom is -0.374 e. The Labute approximate surface area is 111 Å². The van der Waals surface area contributed by atoms with E-state index >= 15 is 0 Å². The van der Waals surface area contributed by atoms with Gasteiger partial charge >= 0.3 is 6.18 Å². The zero-order chi connectivity index (χ0) is 14.0. The van der Waals surface area contributed by atoms with Gasteiger partial charge in [0.1, 0.15) is 0 Å². The van der Waals surface area contributed by atoms with Crippen molar-refractivity contribution in [1.29, 1.82) is 0 Å². The number of nitrogens with zero attached hydrogens (tertiary/aromatic N) is 1. The van der Waals surface area contributed by atoms with E-state index < -0.39 is 11.7 Å². The van der Waals surface area contributed by atoms with E-state index in [-0.39, 0.29) is 12.2 Å². The largest absolute Gasteiger partial charge is 0.418 e. The number of hydrogen-bond acceptors (Lipinski definition) is 2. The van der Waals surface area contributed by atoms with Crippen LogP contribution in [0.15, 0.2) is 18.2 Å². The molecule has 19 heavy (non-hydrogen) atoms. The third-order valence-corrected chi connectivity index (χ3v) is 3.77. The molecule has 0 atom stereocenters. The summed E-state index contributed by atoms with van der Waals surface area (Å²) in [7, 11) is 1.73. The number of alkyl halides is 3. The Morgan fingerprint density at radius 2 is 2.00 bits per heavy atom. The summed E-state index contributed by atoms with van der Waals surface area (Å²) >= 11 is 0. The molecule has 1 aliphatic rings. The first-order valence-electron chi connectivity index (χ1n) is 6.53. The Balaban J connectivity index is 2.26. The lowest BCUT2D eigenvalue weighted by Gasteiger charge is -2.32. The number of benzene rings is 1. The predicted molar refractivity (Wildman–Crippen MR) is 69.9 cm³/mol. The average Bonchev–Trinajstić information content (AvgIpc) is 2.31. The van der Waals surface area contributed by atoms with Gasteiger partial charge in [-0.15, -0.1) is 0 Å². The molecule has 1 aromatic carbocycles. The van der Waals surface area contributed by atoms with Crippen LogP contribution in [0.1, 0.15) is 30.4 Å². The number of hydrogen-bond donors (Lipinski definition) is 1. The highest BCUT2D eigenvalue weighted by atomic mass is 19.4. The van der Waals surface area contributed by atoms with Crippen LogP contribution < -0.4 is 10.6 Å². The van der Waals surface area contributed by atoms with Gasteiger partial charge < -0.3 is 10.6 Å². The fourth-order valence-corrected chi connectivity index (χ4v) is 2.43. The van der Waals surface area contributed by atoms with Crippen molar-refractivity contribution in [2.24, 2.45) is 11.7 Å². The van der Waals surface area contributed by atoms with Crippen LogP contribution in [0, 0.1) is 5.92 Å². The molecule has 2 rings (SSSR count). The van der Waals surface area contributed by atoms with E-state index in [4.69, 9.17) is 5.73 Å². The Morgan fingerprint density at radius 1 is 1.32 bits per heavy atom. The Bertz CT molecular complexity index is 439. The second kappa shape index (κ2) is 5.41. The van der Waals surface area contributed by atoms with Gasteiger partial charge in [0.05, 0.1) is 5.56 Å². The molecule has 0 spiro atoms. The van der Waals surface area contributed by atoms with Gasteiger partial charge in [0.25, 0.3) is 0 Å². The SMILES string of the molecule is CN(CC1CCC1)c1ccc(CN)cc1C(F)(F)F. The zero-order valence-corrected chi connectivity index (χ0v) is 11.0. The molecule has 1 saturated carbocycles. The molecule has 0 aliphatic heterocycles. The molecule has 0 unspecified atom stereocenters. The van der Waals surface area contributed by atoms with Gasteiger partial charge in [-0.2, -0.15) is 13.2 Å². The summed E-state index contributed by atoms with van der Waals surface area (Å²) in [4.78, 5) is 1.72. The molecule has 1 aromatic rings. The summed E-state index contributed by atoms with van der Waals surface area (Å²) in [5.41, 5.74) is 5.59. The lowest BCUT2D eigenvalue weighted by atomic mass is 9.85. The van der Waals surface area contributed by atoms with E-state index in [2.05, 4.69) is 0 Å². The average molecular weight is 272 g/mol. The fraction of sp³-hybridized carbons (Fsp3) is 0.571. The second-order valence-corrected chi connectivity index (χ2v) is 5.23. The fourth-order valence-electron chi connectivity index (χ4n) is 2.43. The third kappa shape index (κ3) is 3.21. The smallest absolute Gasteiger partial charge is 0.374 e. The van der Waals surface area contributed by atoms with Crippen LogP contribution in [0.2, 0.25) is 0 Å². The van der Waals surface area contributed by atoms with Crippen LogP contribution in [0.3, 0.4) is 0 Å². The van der Waals surface area contributed by atoms with Gasteiger partial charge in [0.2, 0.25) is 0 Å². The quantitative estimate of drug-likeness (QED) is 0.910. The van der Waals surface area contributed by atoms with Gasteiger partial charge in [-0.3, -0.25) is 0 Å². The van der Waals surface area contributed by atoms with Crippen LogP contribution in [0.25, 0.3) is 0 Å². The molecule has 0 saturated heterocycles. The first-order chi connectivity index (χ1) is 8.91. The summed E-state index contributed by atoms with van der Waals surface area (Å²) in [6, 6.07) is 4.36. The summed E-state index contributed by atoms with van der Waals surface area (Å²) in [5.74, 6) is 0.528. The van der Waals surface area contributed by atoms with Crippen molar-refractivity contribution in [3.8, 4) is 0 Å². The lowest BCUT2D eigenvalue weighted by Crippen LogP contribution is -2.30. The number of nitrogens with two attached hydrogens (primary N) is 1. The topological polar surface area (TPSA) is 29.3 Å². The molecule has 2 nitrogen and oxygen atoms in total. The molecule has 106 valence electrons. The summed E-state index contributed by atoms with van der Waals surface area (Å²) in [6.45, 7) is 0.806. The van der Waals surface area contributed by atoms with E-state index in [0.29, 0.717) is 18.0 Å². The molecule has 1 fully saturated rings. The van der Waals surface area contributed by atoms with Crippen LogP contribution in [0.4, 0.5) is 18.9 Å². The normalized spacial score (nSPS) is 16.3.